The van der Waals surface area contributed by atoms with E-state index in [9.17, 15) is 4.79 Å². The summed E-state index contributed by atoms with van der Waals surface area (Å²) in [5.74, 6) is 1.80. The Bertz CT molecular complexity index is 649. The van der Waals surface area contributed by atoms with Crippen molar-refractivity contribution in [2.45, 2.75) is 31.8 Å². The molecule has 1 unspecified atom stereocenters. The maximum absolute atomic E-state index is 12.1. The van der Waals surface area contributed by atoms with E-state index in [1.165, 1.54) is 0 Å². The van der Waals surface area contributed by atoms with Gasteiger partial charge in [0.2, 0.25) is 0 Å². The third-order valence-corrected chi connectivity index (χ3v) is 4.13. The smallest absolute Gasteiger partial charge is 0.140 e. The van der Waals surface area contributed by atoms with Crippen molar-refractivity contribution in [3.63, 3.8) is 0 Å². The Hall–Kier alpha value is -2.29. The van der Waals surface area contributed by atoms with Crippen LogP contribution in [0.1, 0.15) is 36.3 Å². The fourth-order valence-electron chi connectivity index (χ4n) is 2.94. The van der Waals surface area contributed by atoms with Crippen molar-refractivity contribution in [1.82, 2.24) is 0 Å². The molecule has 3 heteroatoms. The van der Waals surface area contributed by atoms with Gasteiger partial charge in [-0.3, -0.25) is 4.79 Å². The highest BCUT2D eigenvalue weighted by Crippen LogP contribution is 2.38. The van der Waals surface area contributed by atoms with E-state index in [4.69, 9.17) is 9.47 Å². The fraction of sp³-hybridized carbons (Fsp3) is 0.316. The minimum absolute atomic E-state index is 0.0547. The average Bonchev–Trinajstić information content (AvgIpc) is 2.99. The number of carbonyl (C=O) groups excluding carboxylic acids is 1. The second-order valence-corrected chi connectivity index (χ2v) is 5.59. The Kier molecular flexibility index (Phi) is 4.42. The van der Waals surface area contributed by atoms with E-state index in [2.05, 4.69) is 0 Å². The van der Waals surface area contributed by atoms with Crippen LogP contribution >= 0.6 is 0 Å². The number of Topliss-reactive ketones (excluding diaryl/α,β-unsaturated/α-hetero) is 1. The first-order chi connectivity index (χ1) is 10.8. The number of benzene rings is 2. The predicted molar refractivity (Wildman–Crippen MR) is 85.4 cm³/mol. The molecule has 1 atom stereocenters. The summed E-state index contributed by atoms with van der Waals surface area (Å²) < 4.78 is 11.3. The van der Waals surface area contributed by atoms with Gasteiger partial charge in [-0.1, -0.05) is 30.3 Å². The molecule has 0 aliphatic heterocycles. The van der Waals surface area contributed by atoms with Crippen LogP contribution in [-0.2, 0) is 11.4 Å². The highest BCUT2D eigenvalue weighted by Gasteiger charge is 2.29. The molecule has 3 rings (SSSR count). The Morgan fingerprint density at radius 3 is 2.64 bits per heavy atom. The van der Waals surface area contributed by atoms with Crippen LogP contribution in [0.15, 0.2) is 48.5 Å². The molecule has 0 N–H and O–H groups in total. The summed E-state index contributed by atoms with van der Waals surface area (Å²) in [4.78, 5) is 12.1. The minimum atomic E-state index is -0.0547. The SMILES string of the molecule is COc1ccc(OCc2ccccc2)c(C2CCCC2=O)c1. The van der Waals surface area contributed by atoms with E-state index in [0.717, 1.165) is 35.5 Å². The third kappa shape index (κ3) is 3.14. The Morgan fingerprint density at radius 1 is 1.14 bits per heavy atom. The fourth-order valence-corrected chi connectivity index (χ4v) is 2.94. The standard InChI is InChI=1S/C19H20O3/c1-21-15-10-11-19(22-13-14-6-3-2-4-7-14)17(12-15)16-8-5-9-18(16)20/h2-4,6-7,10-12,16H,5,8-9,13H2,1H3. The lowest BCUT2D eigenvalue weighted by molar-refractivity contribution is -0.118. The summed E-state index contributed by atoms with van der Waals surface area (Å²) in [6, 6.07) is 15.8. The van der Waals surface area contributed by atoms with E-state index in [1.54, 1.807) is 7.11 Å². The van der Waals surface area contributed by atoms with Crippen LogP contribution in [0, 0.1) is 0 Å². The molecule has 2 aromatic carbocycles. The summed E-state index contributed by atoms with van der Waals surface area (Å²) in [6.45, 7) is 0.501. The largest absolute Gasteiger partial charge is 0.497 e. The molecule has 22 heavy (non-hydrogen) atoms. The summed E-state index contributed by atoms with van der Waals surface area (Å²) in [7, 11) is 1.64. The van der Waals surface area contributed by atoms with Crippen LogP contribution in [0.5, 0.6) is 11.5 Å². The molecule has 0 heterocycles. The number of hydrogen-bond donors (Lipinski definition) is 0. The second-order valence-electron chi connectivity index (χ2n) is 5.59. The maximum atomic E-state index is 12.1. The average molecular weight is 296 g/mol. The first-order valence-electron chi connectivity index (χ1n) is 7.65. The number of rotatable bonds is 5. The highest BCUT2D eigenvalue weighted by atomic mass is 16.5. The van der Waals surface area contributed by atoms with Gasteiger partial charge in [0.15, 0.2) is 0 Å². The van der Waals surface area contributed by atoms with Crippen molar-refractivity contribution in [3.8, 4) is 11.5 Å². The molecule has 0 amide bonds. The molecule has 1 fully saturated rings. The van der Waals surface area contributed by atoms with Crippen molar-refractivity contribution < 1.29 is 14.3 Å². The quantitative estimate of drug-likeness (QED) is 0.833. The minimum Gasteiger partial charge on any atom is -0.497 e. The summed E-state index contributed by atoms with van der Waals surface area (Å²) in [5, 5.41) is 0. The van der Waals surface area contributed by atoms with Gasteiger partial charge in [0.1, 0.15) is 23.9 Å². The van der Waals surface area contributed by atoms with Gasteiger partial charge in [-0.15, -0.1) is 0 Å². The van der Waals surface area contributed by atoms with E-state index in [-0.39, 0.29) is 5.92 Å². The number of ether oxygens (including phenoxy) is 2. The number of carbonyl (C=O) groups is 1. The van der Waals surface area contributed by atoms with Crippen molar-refractivity contribution >= 4 is 5.78 Å². The van der Waals surface area contributed by atoms with Crippen molar-refractivity contribution in [3.05, 3.63) is 59.7 Å². The molecule has 0 radical (unpaired) electrons. The van der Waals surface area contributed by atoms with Gasteiger partial charge in [0.25, 0.3) is 0 Å². The van der Waals surface area contributed by atoms with Crippen LogP contribution in [0.25, 0.3) is 0 Å². The van der Waals surface area contributed by atoms with Crippen LogP contribution in [-0.4, -0.2) is 12.9 Å². The summed E-state index contributed by atoms with van der Waals surface area (Å²) in [5.41, 5.74) is 2.07. The monoisotopic (exact) mass is 296 g/mol. The first kappa shape index (κ1) is 14.6. The number of hydrogen-bond acceptors (Lipinski definition) is 3. The van der Waals surface area contributed by atoms with E-state index >= 15 is 0 Å². The molecule has 0 aromatic heterocycles. The van der Waals surface area contributed by atoms with Gasteiger partial charge in [0, 0.05) is 17.9 Å². The molecule has 0 saturated heterocycles. The van der Waals surface area contributed by atoms with Gasteiger partial charge >= 0.3 is 0 Å². The van der Waals surface area contributed by atoms with E-state index < -0.39 is 0 Å². The number of ketones is 1. The zero-order valence-corrected chi connectivity index (χ0v) is 12.7. The molecule has 1 aliphatic carbocycles. The molecule has 0 bridgehead atoms. The zero-order valence-electron chi connectivity index (χ0n) is 12.7. The lowest BCUT2D eigenvalue weighted by Gasteiger charge is -2.16. The molecule has 3 nitrogen and oxygen atoms in total. The third-order valence-electron chi connectivity index (χ3n) is 4.13. The molecular formula is C19H20O3. The van der Waals surface area contributed by atoms with Gasteiger partial charge in [-0.05, 0) is 36.6 Å². The van der Waals surface area contributed by atoms with Crippen LogP contribution in [0.4, 0.5) is 0 Å². The van der Waals surface area contributed by atoms with Crippen molar-refractivity contribution in [2.24, 2.45) is 0 Å². The highest BCUT2D eigenvalue weighted by molar-refractivity contribution is 5.88. The zero-order chi connectivity index (χ0) is 15.4. The molecular weight excluding hydrogens is 276 g/mol. The Morgan fingerprint density at radius 2 is 1.95 bits per heavy atom. The first-order valence-corrected chi connectivity index (χ1v) is 7.65. The van der Waals surface area contributed by atoms with Crippen molar-refractivity contribution in [2.75, 3.05) is 7.11 Å². The topological polar surface area (TPSA) is 35.5 Å². The van der Waals surface area contributed by atoms with Crippen LogP contribution in [0.2, 0.25) is 0 Å². The van der Waals surface area contributed by atoms with Gasteiger partial charge in [0.05, 0.1) is 7.11 Å². The lowest BCUT2D eigenvalue weighted by atomic mass is 9.95. The molecule has 1 aliphatic rings. The molecule has 2 aromatic rings. The normalized spacial score (nSPS) is 17.5. The second kappa shape index (κ2) is 6.65. The summed E-state index contributed by atoms with van der Waals surface area (Å²) in [6.07, 6.45) is 2.52. The van der Waals surface area contributed by atoms with Gasteiger partial charge in [-0.25, -0.2) is 0 Å². The molecule has 0 spiro atoms. The van der Waals surface area contributed by atoms with Gasteiger partial charge < -0.3 is 9.47 Å². The molecule has 1 saturated carbocycles. The summed E-state index contributed by atoms with van der Waals surface area (Å²) >= 11 is 0. The van der Waals surface area contributed by atoms with Crippen LogP contribution in [0.3, 0.4) is 0 Å². The maximum Gasteiger partial charge on any atom is 0.140 e. The van der Waals surface area contributed by atoms with E-state index in [1.807, 2.05) is 48.5 Å². The Labute approximate surface area is 130 Å². The predicted octanol–water partition coefficient (Wildman–Crippen LogP) is 4.11. The van der Waals surface area contributed by atoms with Crippen LogP contribution < -0.4 is 9.47 Å². The number of methoxy groups -OCH3 is 1. The lowest BCUT2D eigenvalue weighted by Crippen LogP contribution is -2.08. The van der Waals surface area contributed by atoms with Crippen molar-refractivity contribution in [1.29, 1.82) is 0 Å². The molecule has 114 valence electrons. The Balaban J connectivity index is 1.84. The van der Waals surface area contributed by atoms with Gasteiger partial charge in [-0.2, -0.15) is 0 Å². The van der Waals surface area contributed by atoms with E-state index in [0.29, 0.717) is 18.8 Å².